The van der Waals surface area contributed by atoms with Crippen LogP contribution >= 0.6 is 11.5 Å². The van der Waals surface area contributed by atoms with Crippen LogP contribution in [0, 0.1) is 5.82 Å². The van der Waals surface area contributed by atoms with Crippen LogP contribution in [0.15, 0.2) is 18.2 Å². The van der Waals surface area contributed by atoms with E-state index in [-0.39, 0.29) is 36.3 Å². The molecule has 0 saturated carbocycles. The van der Waals surface area contributed by atoms with Crippen molar-refractivity contribution in [1.82, 2.24) is 24.6 Å². The first-order valence-electron chi connectivity index (χ1n) is 7.92. The van der Waals surface area contributed by atoms with Gasteiger partial charge >= 0.3 is 0 Å². The first-order valence-corrected chi connectivity index (χ1v) is 8.69. The van der Waals surface area contributed by atoms with Crippen molar-refractivity contribution in [2.75, 3.05) is 12.4 Å². The molecule has 0 unspecified atom stereocenters. The molecule has 0 aliphatic carbocycles. The Bertz CT molecular complexity index is 1110. The van der Waals surface area contributed by atoms with E-state index in [1.54, 1.807) is 6.07 Å². The van der Waals surface area contributed by atoms with E-state index in [0.29, 0.717) is 15.8 Å². The number of carbonyl (C=O) groups is 3. The maximum atomic E-state index is 13.5. The largest absolute Gasteiger partial charge is 0.352 e. The van der Waals surface area contributed by atoms with E-state index in [0.717, 1.165) is 11.5 Å². The van der Waals surface area contributed by atoms with Crippen molar-refractivity contribution in [1.29, 1.82) is 0 Å². The van der Waals surface area contributed by atoms with E-state index < -0.39 is 17.6 Å². The van der Waals surface area contributed by atoms with Crippen molar-refractivity contribution in [3.8, 4) is 0 Å². The Morgan fingerprint density at radius 2 is 2.15 bits per heavy atom. The molecule has 0 fully saturated rings. The Kier molecular flexibility index (Phi) is 4.07. The lowest BCUT2D eigenvalue weighted by atomic mass is 10.2. The summed E-state index contributed by atoms with van der Waals surface area (Å²) in [4.78, 5) is 40.5. The van der Waals surface area contributed by atoms with Crippen LogP contribution in [0.25, 0.3) is 10.1 Å². The third kappa shape index (κ3) is 2.91. The molecular formula is C16H13FN6O3S. The standard InChI is InChI=1S/C16H13FN6O3S/c1-18-16(26)14-20-13(9-5-19-11(24)6-23(9)14)21-15(25)12-8-4-7(17)2-3-10(8)27-22-12/h2-4H,5-6H2,1H3,(H,18,26)(H,19,24)(H,21,25). The van der Waals surface area contributed by atoms with Gasteiger partial charge in [0.2, 0.25) is 11.7 Å². The average Bonchev–Trinajstić information content (AvgIpc) is 3.22. The zero-order valence-corrected chi connectivity index (χ0v) is 14.8. The summed E-state index contributed by atoms with van der Waals surface area (Å²) in [6.45, 7) is 0.0384. The maximum Gasteiger partial charge on any atom is 0.287 e. The number of hydrogen-bond donors (Lipinski definition) is 3. The van der Waals surface area contributed by atoms with Crippen LogP contribution in [0.5, 0.6) is 0 Å². The SMILES string of the molecule is CNC(=O)c1nc(NC(=O)c2nsc3ccc(F)cc23)c2n1CC(=O)NC2. The fourth-order valence-electron chi connectivity index (χ4n) is 2.84. The molecule has 9 nitrogen and oxygen atoms in total. The molecule has 3 heterocycles. The Labute approximate surface area is 155 Å². The summed E-state index contributed by atoms with van der Waals surface area (Å²) in [5, 5.41) is 8.11. The summed E-state index contributed by atoms with van der Waals surface area (Å²) in [6, 6.07) is 4.09. The fraction of sp³-hybridized carbons (Fsp3) is 0.188. The van der Waals surface area contributed by atoms with Gasteiger partial charge in [0.05, 0.1) is 16.9 Å². The van der Waals surface area contributed by atoms with Gasteiger partial charge in [-0.3, -0.25) is 14.4 Å². The first kappa shape index (κ1) is 17.1. The minimum absolute atomic E-state index is 0.0202. The van der Waals surface area contributed by atoms with Crippen molar-refractivity contribution in [2.24, 2.45) is 0 Å². The normalized spacial score (nSPS) is 13.2. The number of carbonyl (C=O) groups excluding carboxylic acids is 3. The van der Waals surface area contributed by atoms with E-state index in [9.17, 15) is 18.8 Å². The fourth-order valence-corrected chi connectivity index (χ4v) is 3.60. The van der Waals surface area contributed by atoms with E-state index >= 15 is 0 Å². The van der Waals surface area contributed by atoms with Crippen LogP contribution in [-0.2, 0) is 17.9 Å². The molecule has 0 bridgehead atoms. The molecule has 3 aromatic rings. The monoisotopic (exact) mass is 388 g/mol. The lowest BCUT2D eigenvalue weighted by Crippen LogP contribution is -2.36. The van der Waals surface area contributed by atoms with Gasteiger partial charge in [-0.25, -0.2) is 9.37 Å². The second-order valence-corrected chi connectivity index (χ2v) is 6.60. The topological polar surface area (TPSA) is 118 Å². The molecule has 0 spiro atoms. The van der Waals surface area contributed by atoms with Gasteiger partial charge in [0, 0.05) is 12.4 Å². The average molecular weight is 388 g/mol. The van der Waals surface area contributed by atoms with E-state index in [2.05, 4.69) is 25.3 Å². The summed E-state index contributed by atoms with van der Waals surface area (Å²) in [6.07, 6.45) is 0. The molecular weight excluding hydrogens is 375 g/mol. The van der Waals surface area contributed by atoms with Gasteiger partial charge in [0.25, 0.3) is 11.8 Å². The number of halogens is 1. The summed E-state index contributed by atoms with van der Waals surface area (Å²) >= 11 is 1.08. The second-order valence-electron chi connectivity index (χ2n) is 5.80. The van der Waals surface area contributed by atoms with Crippen LogP contribution < -0.4 is 16.0 Å². The van der Waals surface area contributed by atoms with Crippen LogP contribution in [0.2, 0.25) is 0 Å². The third-order valence-electron chi connectivity index (χ3n) is 4.14. The number of amides is 3. The lowest BCUT2D eigenvalue weighted by Gasteiger charge is -2.17. The van der Waals surface area contributed by atoms with Gasteiger partial charge in [-0.2, -0.15) is 4.37 Å². The first-order chi connectivity index (χ1) is 13.0. The van der Waals surface area contributed by atoms with E-state index in [1.165, 1.54) is 23.7 Å². The molecule has 4 rings (SSSR count). The number of rotatable bonds is 3. The van der Waals surface area contributed by atoms with Gasteiger partial charge in [0.15, 0.2) is 5.82 Å². The molecule has 138 valence electrons. The molecule has 1 aliphatic heterocycles. The van der Waals surface area contributed by atoms with Gasteiger partial charge < -0.3 is 20.5 Å². The summed E-state index contributed by atoms with van der Waals surface area (Å²) in [5.74, 6) is -1.62. The predicted molar refractivity (Wildman–Crippen MR) is 95.0 cm³/mol. The summed E-state index contributed by atoms with van der Waals surface area (Å²) in [7, 11) is 1.45. The number of anilines is 1. The van der Waals surface area contributed by atoms with Crippen LogP contribution in [0.1, 0.15) is 26.8 Å². The highest BCUT2D eigenvalue weighted by Gasteiger charge is 2.28. The molecule has 0 atom stereocenters. The zero-order valence-electron chi connectivity index (χ0n) is 14.0. The number of aromatic nitrogens is 3. The summed E-state index contributed by atoms with van der Waals surface area (Å²) in [5.41, 5.74) is 0.560. The minimum atomic E-state index is -0.576. The number of imidazole rings is 1. The maximum absolute atomic E-state index is 13.5. The third-order valence-corrected chi connectivity index (χ3v) is 4.96. The van der Waals surface area contributed by atoms with Crippen molar-refractivity contribution in [2.45, 2.75) is 13.1 Å². The molecule has 2 aromatic heterocycles. The van der Waals surface area contributed by atoms with Crippen molar-refractivity contribution in [3.63, 3.8) is 0 Å². The number of hydrogen-bond acceptors (Lipinski definition) is 6. The Hall–Kier alpha value is -3.34. The quantitative estimate of drug-likeness (QED) is 0.615. The van der Waals surface area contributed by atoms with E-state index in [1.807, 2.05) is 0 Å². The number of nitrogens with one attached hydrogen (secondary N) is 3. The van der Waals surface area contributed by atoms with Gasteiger partial charge in [-0.15, -0.1) is 0 Å². The molecule has 0 radical (unpaired) electrons. The van der Waals surface area contributed by atoms with Crippen LogP contribution in [-0.4, -0.2) is 38.7 Å². The number of nitrogens with zero attached hydrogens (tertiary/aromatic N) is 3. The molecule has 1 aliphatic rings. The van der Waals surface area contributed by atoms with Crippen molar-refractivity contribution < 1.29 is 18.8 Å². The molecule has 27 heavy (non-hydrogen) atoms. The lowest BCUT2D eigenvalue weighted by molar-refractivity contribution is -0.122. The van der Waals surface area contributed by atoms with Crippen molar-refractivity contribution in [3.05, 3.63) is 41.2 Å². The second kappa shape index (κ2) is 6.43. The molecule has 3 amide bonds. The number of fused-ring (bicyclic) bond motifs is 2. The predicted octanol–water partition coefficient (Wildman–Crippen LogP) is 0.874. The van der Waals surface area contributed by atoms with Crippen molar-refractivity contribution >= 4 is 45.2 Å². The molecule has 1 aromatic carbocycles. The smallest absolute Gasteiger partial charge is 0.287 e. The summed E-state index contributed by atoms with van der Waals surface area (Å²) < 4.78 is 19.7. The minimum Gasteiger partial charge on any atom is -0.352 e. The zero-order chi connectivity index (χ0) is 19.1. The highest BCUT2D eigenvalue weighted by atomic mass is 32.1. The van der Waals surface area contributed by atoms with Gasteiger partial charge in [0.1, 0.15) is 18.1 Å². The van der Waals surface area contributed by atoms with Gasteiger partial charge in [-0.1, -0.05) is 0 Å². The Morgan fingerprint density at radius 3 is 2.93 bits per heavy atom. The number of benzene rings is 1. The van der Waals surface area contributed by atoms with E-state index in [4.69, 9.17) is 0 Å². The Balaban J connectivity index is 1.71. The van der Waals surface area contributed by atoms with Crippen LogP contribution in [0.4, 0.5) is 10.2 Å². The molecule has 11 heteroatoms. The van der Waals surface area contributed by atoms with Crippen LogP contribution in [0.3, 0.4) is 0 Å². The van der Waals surface area contributed by atoms with Gasteiger partial charge in [-0.05, 0) is 29.7 Å². The highest BCUT2D eigenvalue weighted by molar-refractivity contribution is 7.13. The Morgan fingerprint density at radius 1 is 1.33 bits per heavy atom. The molecule has 3 N–H and O–H groups in total. The molecule has 0 saturated heterocycles. The highest BCUT2D eigenvalue weighted by Crippen LogP contribution is 2.26.